The third kappa shape index (κ3) is 3.39. The molecule has 114 valence electrons. The highest BCUT2D eigenvalue weighted by atomic mass is 35.5. The molecule has 1 aromatic carbocycles. The molecule has 1 aliphatic heterocycles. The smallest absolute Gasteiger partial charge is 0.247 e. The summed E-state index contributed by atoms with van der Waals surface area (Å²) in [5.41, 5.74) is 1.95. The topological polar surface area (TPSA) is 33.2 Å². The molecular weight excluding hydrogens is 316 g/mol. The van der Waals surface area contributed by atoms with E-state index in [1.54, 1.807) is 23.5 Å². The van der Waals surface area contributed by atoms with Gasteiger partial charge in [0.15, 0.2) is 0 Å². The summed E-state index contributed by atoms with van der Waals surface area (Å²) in [6, 6.07) is 7.90. The number of hydrogen-bond acceptors (Lipinski definition) is 3. The summed E-state index contributed by atoms with van der Waals surface area (Å²) >= 11 is 7.65. The van der Waals surface area contributed by atoms with Gasteiger partial charge in [0, 0.05) is 23.0 Å². The number of nitrogens with zero attached hydrogens (tertiary/aromatic N) is 2. The molecule has 3 nitrogen and oxygen atoms in total. The summed E-state index contributed by atoms with van der Waals surface area (Å²) < 4.78 is 0. The highest BCUT2D eigenvalue weighted by molar-refractivity contribution is 7.09. The van der Waals surface area contributed by atoms with E-state index in [0.29, 0.717) is 5.02 Å². The van der Waals surface area contributed by atoms with E-state index in [9.17, 15) is 4.79 Å². The van der Waals surface area contributed by atoms with E-state index in [4.69, 9.17) is 11.6 Å². The van der Waals surface area contributed by atoms with Crippen molar-refractivity contribution in [2.45, 2.75) is 25.8 Å². The minimum absolute atomic E-state index is 0.0353. The third-order valence-electron chi connectivity index (χ3n) is 3.80. The second-order valence-corrected chi connectivity index (χ2v) is 6.87. The van der Waals surface area contributed by atoms with Crippen LogP contribution >= 0.6 is 22.9 Å². The maximum Gasteiger partial charge on any atom is 0.247 e. The normalized spacial score (nSPS) is 18.3. The minimum Gasteiger partial charge on any atom is -0.332 e. The summed E-state index contributed by atoms with van der Waals surface area (Å²) in [4.78, 5) is 18.7. The van der Waals surface area contributed by atoms with Crippen LogP contribution in [0.4, 0.5) is 0 Å². The van der Waals surface area contributed by atoms with Crippen LogP contribution in [0.2, 0.25) is 5.02 Å². The van der Waals surface area contributed by atoms with Gasteiger partial charge >= 0.3 is 0 Å². The Hall–Kier alpha value is -1.65. The van der Waals surface area contributed by atoms with Crippen molar-refractivity contribution in [3.8, 4) is 0 Å². The lowest BCUT2D eigenvalue weighted by atomic mass is 10.0. The van der Waals surface area contributed by atoms with Crippen molar-refractivity contribution in [1.82, 2.24) is 9.88 Å². The average molecular weight is 333 g/mol. The molecule has 0 radical (unpaired) electrons. The SMILES string of the molecule is Cc1nc(C=CC(=O)N2CCCC2c2cccc(Cl)c2)cs1. The van der Waals surface area contributed by atoms with E-state index in [2.05, 4.69) is 4.98 Å². The number of carbonyl (C=O) groups is 1. The predicted octanol–water partition coefficient (Wildman–Crippen LogP) is 4.48. The van der Waals surface area contributed by atoms with E-state index < -0.39 is 0 Å². The van der Waals surface area contributed by atoms with Crippen LogP contribution in [-0.4, -0.2) is 22.3 Å². The van der Waals surface area contributed by atoms with Crippen LogP contribution in [0.5, 0.6) is 0 Å². The number of halogens is 1. The lowest BCUT2D eigenvalue weighted by Crippen LogP contribution is -2.28. The fourth-order valence-electron chi connectivity index (χ4n) is 2.80. The van der Waals surface area contributed by atoms with Crippen LogP contribution < -0.4 is 0 Å². The first kappa shape index (κ1) is 15.3. The summed E-state index contributed by atoms with van der Waals surface area (Å²) in [5.74, 6) is 0.0353. The fourth-order valence-corrected chi connectivity index (χ4v) is 3.58. The van der Waals surface area contributed by atoms with Crippen LogP contribution in [-0.2, 0) is 4.79 Å². The second kappa shape index (κ2) is 6.63. The summed E-state index contributed by atoms with van der Waals surface area (Å²) in [6.45, 7) is 2.75. The number of aromatic nitrogens is 1. The molecule has 0 spiro atoms. The lowest BCUT2D eigenvalue weighted by molar-refractivity contribution is -0.126. The molecule has 1 unspecified atom stereocenters. The van der Waals surface area contributed by atoms with Crippen molar-refractivity contribution in [2.75, 3.05) is 6.54 Å². The van der Waals surface area contributed by atoms with Gasteiger partial charge in [0.2, 0.25) is 5.91 Å². The predicted molar refractivity (Wildman–Crippen MR) is 91.0 cm³/mol. The Morgan fingerprint density at radius 3 is 3.09 bits per heavy atom. The van der Waals surface area contributed by atoms with Gasteiger partial charge in [-0.25, -0.2) is 4.98 Å². The van der Waals surface area contributed by atoms with Gasteiger partial charge in [-0.2, -0.15) is 0 Å². The van der Waals surface area contributed by atoms with Gasteiger partial charge in [0.25, 0.3) is 0 Å². The zero-order valence-corrected chi connectivity index (χ0v) is 13.9. The van der Waals surface area contributed by atoms with E-state index in [1.807, 2.05) is 41.5 Å². The molecule has 3 rings (SSSR count). The molecule has 0 bridgehead atoms. The average Bonchev–Trinajstić information content (AvgIpc) is 3.13. The number of benzene rings is 1. The van der Waals surface area contributed by atoms with Crippen molar-refractivity contribution in [2.24, 2.45) is 0 Å². The van der Waals surface area contributed by atoms with Crippen molar-refractivity contribution in [3.05, 3.63) is 57.0 Å². The van der Waals surface area contributed by atoms with E-state index in [1.165, 1.54) is 0 Å². The Bertz CT molecular complexity index is 710. The minimum atomic E-state index is 0.0353. The quantitative estimate of drug-likeness (QED) is 0.776. The van der Waals surface area contributed by atoms with Gasteiger partial charge in [0.1, 0.15) is 0 Å². The highest BCUT2D eigenvalue weighted by Gasteiger charge is 2.28. The molecule has 5 heteroatoms. The van der Waals surface area contributed by atoms with Gasteiger partial charge < -0.3 is 4.90 Å². The van der Waals surface area contributed by atoms with E-state index in [-0.39, 0.29) is 11.9 Å². The largest absolute Gasteiger partial charge is 0.332 e. The molecule has 0 saturated carbocycles. The van der Waals surface area contributed by atoms with Crippen molar-refractivity contribution in [1.29, 1.82) is 0 Å². The molecule has 1 aromatic heterocycles. The maximum absolute atomic E-state index is 12.5. The van der Waals surface area contributed by atoms with Crippen molar-refractivity contribution >= 4 is 34.9 Å². The Morgan fingerprint density at radius 1 is 1.50 bits per heavy atom. The number of rotatable bonds is 3. The Kier molecular flexibility index (Phi) is 4.60. The zero-order chi connectivity index (χ0) is 15.5. The first-order valence-electron chi connectivity index (χ1n) is 7.30. The van der Waals surface area contributed by atoms with Crippen molar-refractivity contribution < 1.29 is 4.79 Å². The van der Waals surface area contributed by atoms with Crippen LogP contribution in [0, 0.1) is 6.92 Å². The number of thiazole rings is 1. The molecule has 2 aromatic rings. The van der Waals surface area contributed by atoms with Crippen LogP contribution in [0.1, 0.15) is 35.1 Å². The Balaban J connectivity index is 1.75. The molecule has 1 atom stereocenters. The van der Waals surface area contributed by atoms with Gasteiger partial charge in [-0.3, -0.25) is 4.79 Å². The molecule has 0 aliphatic carbocycles. The third-order valence-corrected chi connectivity index (χ3v) is 4.83. The van der Waals surface area contributed by atoms with Crippen LogP contribution in [0.15, 0.2) is 35.7 Å². The van der Waals surface area contributed by atoms with Crippen molar-refractivity contribution in [3.63, 3.8) is 0 Å². The Labute approximate surface area is 139 Å². The second-order valence-electron chi connectivity index (χ2n) is 5.37. The van der Waals surface area contributed by atoms with E-state index >= 15 is 0 Å². The van der Waals surface area contributed by atoms with Gasteiger partial charge in [-0.15, -0.1) is 11.3 Å². The standard InChI is InChI=1S/C17H17ClN2OS/c1-12-19-15(11-22-12)7-8-17(21)20-9-3-6-16(20)13-4-2-5-14(18)10-13/h2,4-5,7-8,10-11,16H,3,6,9H2,1H3. The van der Waals surface area contributed by atoms with Gasteiger partial charge in [-0.1, -0.05) is 23.7 Å². The molecule has 1 aliphatic rings. The fraction of sp³-hybridized carbons (Fsp3) is 0.294. The molecule has 0 N–H and O–H groups in total. The zero-order valence-electron chi connectivity index (χ0n) is 12.3. The molecule has 22 heavy (non-hydrogen) atoms. The van der Waals surface area contributed by atoms with Gasteiger partial charge in [0.05, 0.1) is 16.7 Å². The molecule has 2 heterocycles. The first-order chi connectivity index (χ1) is 10.6. The number of hydrogen-bond donors (Lipinski definition) is 0. The summed E-state index contributed by atoms with van der Waals surface area (Å²) in [5, 5.41) is 3.67. The Morgan fingerprint density at radius 2 is 2.36 bits per heavy atom. The number of likely N-dealkylation sites (tertiary alicyclic amines) is 1. The first-order valence-corrected chi connectivity index (χ1v) is 8.55. The number of amides is 1. The maximum atomic E-state index is 12.5. The molecular formula is C17H17ClN2OS. The molecule has 1 amide bonds. The number of carbonyl (C=O) groups excluding carboxylic acids is 1. The van der Waals surface area contributed by atoms with Crippen LogP contribution in [0.25, 0.3) is 6.08 Å². The lowest BCUT2D eigenvalue weighted by Gasteiger charge is -2.24. The monoisotopic (exact) mass is 332 g/mol. The number of aryl methyl sites for hydroxylation is 1. The van der Waals surface area contributed by atoms with E-state index in [0.717, 1.165) is 35.7 Å². The van der Waals surface area contributed by atoms with Gasteiger partial charge in [-0.05, 0) is 43.5 Å². The summed E-state index contributed by atoms with van der Waals surface area (Å²) in [7, 11) is 0. The summed E-state index contributed by atoms with van der Waals surface area (Å²) in [6.07, 6.45) is 5.42. The molecule has 1 fully saturated rings. The van der Waals surface area contributed by atoms with Crippen LogP contribution in [0.3, 0.4) is 0 Å². The highest BCUT2D eigenvalue weighted by Crippen LogP contribution is 2.33. The molecule has 1 saturated heterocycles.